The first-order valence-electron chi connectivity index (χ1n) is 8.43. The largest absolute Gasteiger partial charge is 0.422 e. The second-order valence-electron chi connectivity index (χ2n) is 8.70. The van der Waals surface area contributed by atoms with Gasteiger partial charge in [0.2, 0.25) is 5.67 Å². The molecule has 4 aliphatic rings. The van der Waals surface area contributed by atoms with Crippen LogP contribution in [0.3, 0.4) is 0 Å². The average molecular weight is 304 g/mol. The van der Waals surface area contributed by atoms with Crippen LogP contribution in [-0.2, 0) is 0 Å². The zero-order valence-electron chi connectivity index (χ0n) is 12.6. The van der Waals surface area contributed by atoms with E-state index in [1.807, 2.05) is 0 Å². The van der Waals surface area contributed by atoms with Crippen molar-refractivity contribution < 1.29 is 17.6 Å². The van der Waals surface area contributed by atoms with Gasteiger partial charge in [-0.2, -0.15) is 13.2 Å². The van der Waals surface area contributed by atoms with Gasteiger partial charge in [-0.3, -0.25) is 0 Å². The van der Waals surface area contributed by atoms with E-state index in [2.05, 4.69) is 0 Å². The summed E-state index contributed by atoms with van der Waals surface area (Å²) in [6.45, 7) is 0.700. The van der Waals surface area contributed by atoms with Gasteiger partial charge in [-0.05, 0) is 93.3 Å². The lowest BCUT2D eigenvalue weighted by molar-refractivity contribution is -0.227. The molecule has 4 rings (SSSR count). The third kappa shape index (κ3) is 1.74. The van der Waals surface area contributed by atoms with Crippen molar-refractivity contribution in [3.63, 3.8) is 0 Å². The standard InChI is InChI=1S/C17H24F4/c1-14(18,17(19,20)21)3-2-4-15-7-12-5-11-6-13(10-15)16(15,8-11)9-12/h11-13H,2-10H2,1H3. The smallest absolute Gasteiger partial charge is 0.234 e. The quantitative estimate of drug-likeness (QED) is 0.588. The highest BCUT2D eigenvalue weighted by Gasteiger charge is 2.73. The molecule has 0 aromatic carbocycles. The normalized spacial score (nSPS) is 49.9. The molecule has 4 fully saturated rings. The SMILES string of the molecule is CC(F)(CCCC12CC3CC4CC(C1)C2(C4)C3)C(F)(F)F. The highest BCUT2D eigenvalue weighted by Crippen LogP contribution is 2.82. The van der Waals surface area contributed by atoms with E-state index < -0.39 is 11.8 Å². The molecule has 4 aliphatic carbocycles. The number of halogens is 4. The number of alkyl halides is 4. The Morgan fingerprint density at radius 1 is 0.952 bits per heavy atom. The fraction of sp³-hybridized carbons (Fsp3) is 1.00. The summed E-state index contributed by atoms with van der Waals surface area (Å²) in [4.78, 5) is 0. The lowest BCUT2D eigenvalue weighted by Gasteiger charge is -2.60. The zero-order valence-corrected chi connectivity index (χ0v) is 12.6. The van der Waals surface area contributed by atoms with Gasteiger partial charge < -0.3 is 0 Å². The fourth-order valence-electron chi connectivity index (χ4n) is 6.93. The average Bonchev–Trinajstić information content (AvgIpc) is 2.64. The molecule has 0 radical (unpaired) electrons. The summed E-state index contributed by atoms with van der Waals surface area (Å²) in [6.07, 6.45) is 3.90. The maximum atomic E-state index is 13.7. The van der Waals surface area contributed by atoms with Gasteiger partial charge in [-0.25, -0.2) is 4.39 Å². The van der Waals surface area contributed by atoms with E-state index in [0.717, 1.165) is 24.2 Å². The van der Waals surface area contributed by atoms with Crippen LogP contribution in [0.1, 0.15) is 64.7 Å². The maximum Gasteiger partial charge on any atom is 0.422 e. The van der Waals surface area contributed by atoms with Crippen molar-refractivity contribution in [2.75, 3.05) is 0 Å². The van der Waals surface area contributed by atoms with E-state index in [4.69, 9.17) is 0 Å². The molecule has 0 aliphatic heterocycles. The third-order valence-corrected chi connectivity index (χ3v) is 7.64. The van der Waals surface area contributed by atoms with Crippen molar-refractivity contribution in [3.8, 4) is 0 Å². The van der Waals surface area contributed by atoms with Crippen LogP contribution in [0, 0.1) is 28.6 Å². The predicted octanol–water partition coefficient (Wildman–Crippen LogP) is 5.66. The fourth-order valence-corrected chi connectivity index (χ4v) is 6.93. The number of hydrogen-bond acceptors (Lipinski definition) is 0. The predicted molar refractivity (Wildman–Crippen MR) is 72.5 cm³/mol. The molecule has 0 saturated heterocycles. The first-order valence-corrected chi connectivity index (χ1v) is 8.43. The Morgan fingerprint density at radius 3 is 2.38 bits per heavy atom. The molecule has 6 atom stereocenters. The Morgan fingerprint density at radius 2 is 1.67 bits per heavy atom. The topological polar surface area (TPSA) is 0 Å². The Bertz CT molecular complexity index is 448. The molecule has 0 nitrogen and oxygen atoms in total. The first kappa shape index (κ1) is 14.3. The molecule has 4 saturated carbocycles. The number of fused-ring (bicyclic) bond motifs is 2. The van der Waals surface area contributed by atoms with E-state index in [-0.39, 0.29) is 11.8 Å². The summed E-state index contributed by atoms with van der Waals surface area (Å²) in [5.74, 6) is 2.55. The van der Waals surface area contributed by atoms with Gasteiger partial charge in [0.05, 0.1) is 0 Å². The van der Waals surface area contributed by atoms with Gasteiger partial charge in [-0.15, -0.1) is 0 Å². The molecule has 6 unspecified atom stereocenters. The van der Waals surface area contributed by atoms with E-state index in [0.29, 0.717) is 18.8 Å². The Labute approximate surface area is 123 Å². The van der Waals surface area contributed by atoms with Crippen molar-refractivity contribution in [2.24, 2.45) is 28.6 Å². The molecule has 0 heterocycles. The second-order valence-corrected chi connectivity index (χ2v) is 8.70. The summed E-state index contributed by atoms with van der Waals surface area (Å²) in [6, 6.07) is 0. The second kappa shape index (κ2) is 3.97. The van der Waals surface area contributed by atoms with Crippen LogP contribution in [-0.4, -0.2) is 11.8 Å². The molecule has 3 bridgehead atoms. The Balaban J connectivity index is 1.43. The van der Waals surface area contributed by atoms with Crippen molar-refractivity contribution in [1.82, 2.24) is 0 Å². The van der Waals surface area contributed by atoms with Crippen LogP contribution in [0.25, 0.3) is 0 Å². The van der Waals surface area contributed by atoms with Crippen LogP contribution in [0.4, 0.5) is 17.6 Å². The minimum Gasteiger partial charge on any atom is -0.234 e. The van der Waals surface area contributed by atoms with Crippen molar-refractivity contribution in [3.05, 3.63) is 0 Å². The van der Waals surface area contributed by atoms with Gasteiger partial charge in [0.1, 0.15) is 0 Å². The Hall–Kier alpha value is -0.280. The molecule has 0 aromatic rings. The van der Waals surface area contributed by atoms with Crippen LogP contribution in [0.5, 0.6) is 0 Å². The van der Waals surface area contributed by atoms with E-state index in [1.165, 1.54) is 38.5 Å². The first-order chi connectivity index (χ1) is 9.68. The summed E-state index contributed by atoms with van der Waals surface area (Å²) in [7, 11) is 0. The maximum absolute atomic E-state index is 13.7. The summed E-state index contributed by atoms with van der Waals surface area (Å²) in [5.41, 5.74) is -2.27. The number of rotatable bonds is 4. The van der Waals surface area contributed by atoms with Crippen LogP contribution < -0.4 is 0 Å². The Kier molecular flexibility index (Phi) is 2.71. The van der Waals surface area contributed by atoms with Gasteiger partial charge in [0.15, 0.2) is 0 Å². The highest BCUT2D eigenvalue weighted by molar-refractivity contribution is 5.22. The molecular formula is C17H24F4. The molecule has 0 amide bonds. The van der Waals surface area contributed by atoms with Crippen LogP contribution in [0.15, 0.2) is 0 Å². The molecule has 0 aromatic heterocycles. The van der Waals surface area contributed by atoms with Gasteiger partial charge >= 0.3 is 6.18 Å². The lowest BCUT2D eigenvalue weighted by atomic mass is 9.45. The van der Waals surface area contributed by atoms with Crippen molar-refractivity contribution >= 4 is 0 Å². The van der Waals surface area contributed by atoms with Gasteiger partial charge in [0, 0.05) is 0 Å². The third-order valence-electron chi connectivity index (χ3n) is 7.64. The van der Waals surface area contributed by atoms with E-state index in [1.54, 1.807) is 0 Å². The van der Waals surface area contributed by atoms with Crippen molar-refractivity contribution in [2.45, 2.75) is 76.6 Å². The minimum absolute atomic E-state index is 0.287. The van der Waals surface area contributed by atoms with Gasteiger partial charge in [-0.1, -0.05) is 0 Å². The number of hydrogen-bond donors (Lipinski definition) is 0. The summed E-state index contributed by atoms with van der Waals surface area (Å²) < 4.78 is 51.6. The van der Waals surface area contributed by atoms with Crippen molar-refractivity contribution in [1.29, 1.82) is 0 Å². The van der Waals surface area contributed by atoms with E-state index >= 15 is 0 Å². The van der Waals surface area contributed by atoms with Crippen LogP contribution in [0.2, 0.25) is 0 Å². The van der Waals surface area contributed by atoms with Crippen LogP contribution >= 0.6 is 0 Å². The van der Waals surface area contributed by atoms with Gasteiger partial charge in [0.25, 0.3) is 0 Å². The summed E-state index contributed by atoms with van der Waals surface area (Å²) in [5, 5.41) is 0. The van der Waals surface area contributed by atoms with E-state index in [9.17, 15) is 17.6 Å². The molecule has 1 spiro atoms. The molecule has 120 valence electrons. The molecule has 0 N–H and O–H groups in total. The zero-order chi connectivity index (χ0) is 15.1. The molecule has 21 heavy (non-hydrogen) atoms. The highest BCUT2D eigenvalue weighted by atomic mass is 19.4. The minimum atomic E-state index is -4.73. The monoisotopic (exact) mass is 304 g/mol. The summed E-state index contributed by atoms with van der Waals surface area (Å²) >= 11 is 0. The lowest BCUT2D eigenvalue weighted by Crippen LogP contribution is -2.52. The molecular weight excluding hydrogens is 280 g/mol. The molecule has 4 heteroatoms.